The van der Waals surface area contributed by atoms with Crippen molar-refractivity contribution in [1.82, 2.24) is 14.4 Å². The van der Waals surface area contributed by atoms with Crippen molar-refractivity contribution < 1.29 is 4.79 Å². The number of amides is 1. The first kappa shape index (κ1) is 7.53. The number of rotatable bonds is 1. The van der Waals surface area contributed by atoms with Gasteiger partial charge >= 0.3 is 0 Å². The van der Waals surface area contributed by atoms with E-state index in [9.17, 15) is 9.59 Å². The number of carbonyl (C=O) groups is 1. The highest BCUT2D eigenvalue weighted by atomic mass is 16.2. The van der Waals surface area contributed by atoms with E-state index in [1.54, 1.807) is 6.20 Å². The lowest BCUT2D eigenvalue weighted by Gasteiger charge is -1.94. The minimum absolute atomic E-state index is 0.114. The summed E-state index contributed by atoms with van der Waals surface area (Å²) < 4.78 is 1.22. The van der Waals surface area contributed by atoms with Crippen LogP contribution in [-0.2, 0) is 0 Å². The molecule has 0 spiro atoms. The average molecular weight is 178 g/mol. The average Bonchev–Trinajstić information content (AvgIpc) is 2.52. The van der Waals surface area contributed by atoms with Crippen LogP contribution in [0.4, 0.5) is 0 Å². The maximum atomic E-state index is 11.4. The number of imidazole rings is 1. The fraction of sp³-hybridized carbons (Fsp3) is 0. The molecule has 0 fully saturated rings. The monoisotopic (exact) mass is 178 g/mol. The van der Waals surface area contributed by atoms with Crippen molar-refractivity contribution in [3.8, 4) is 0 Å². The van der Waals surface area contributed by atoms with Crippen LogP contribution in [0.5, 0.6) is 0 Å². The third-order valence-corrected chi connectivity index (χ3v) is 1.69. The van der Waals surface area contributed by atoms with Crippen molar-refractivity contribution in [2.24, 2.45) is 5.73 Å². The first-order valence-corrected chi connectivity index (χ1v) is 3.54. The highest BCUT2D eigenvalue weighted by molar-refractivity contribution is 5.92. The summed E-state index contributed by atoms with van der Waals surface area (Å²) >= 11 is 0. The summed E-state index contributed by atoms with van der Waals surface area (Å²) in [7, 11) is 0. The Hall–Kier alpha value is -2.11. The SMILES string of the molecule is NC(=O)c1cnc2[nH]ccn2c1=O. The Balaban J connectivity index is 2.89. The number of aromatic nitrogens is 3. The second-order valence-corrected chi connectivity index (χ2v) is 2.49. The summed E-state index contributed by atoms with van der Waals surface area (Å²) in [4.78, 5) is 28.7. The number of carbonyl (C=O) groups excluding carboxylic acids is 1. The van der Waals surface area contributed by atoms with Gasteiger partial charge in [0.2, 0.25) is 5.78 Å². The van der Waals surface area contributed by atoms with E-state index in [2.05, 4.69) is 9.97 Å². The normalized spacial score (nSPS) is 10.5. The molecule has 0 saturated carbocycles. The number of primary amides is 1. The highest BCUT2D eigenvalue weighted by Crippen LogP contribution is 1.93. The highest BCUT2D eigenvalue weighted by Gasteiger charge is 2.09. The fourth-order valence-electron chi connectivity index (χ4n) is 1.07. The van der Waals surface area contributed by atoms with Crippen molar-refractivity contribution in [2.45, 2.75) is 0 Å². The van der Waals surface area contributed by atoms with E-state index in [0.717, 1.165) is 6.20 Å². The summed E-state index contributed by atoms with van der Waals surface area (Å²) in [5, 5.41) is 0. The number of nitrogens with two attached hydrogens (primary N) is 1. The van der Waals surface area contributed by atoms with Gasteiger partial charge in [0.05, 0.1) is 0 Å². The fourth-order valence-corrected chi connectivity index (χ4v) is 1.07. The van der Waals surface area contributed by atoms with Crippen LogP contribution in [0.2, 0.25) is 0 Å². The van der Waals surface area contributed by atoms with Gasteiger partial charge in [-0.25, -0.2) is 4.98 Å². The Bertz CT molecular complexity index is 525. The number of nitrogens with zero attached hydrogens (tertiary/aromatic N) is 2. The predicted molar refractivity (Wildman–Crippen MR) is 44.3 cm³/mol. The zero-order valence-electron chi connectivity index (χ0n) is 6.52. The quantitative estimate of drug-likeness (QED) is 0.593. The number of H-pyrrole nitrogens is 1. The standard InChI is InChI=1S/C7H6N4O2/c8-5(12)4-3-10-7-9-1-2-11(7)6(4)13/h1-3H,(H2,8,12)(H,9,10). The lowest BCUT2D eigenvalue weighted by Crippen LogP contribution is -2.26. The molecule has 0 atom stereocenters. The van der Waals surface area contributed by atoms with Gasteiger partial charge < -0.3 is 10.7 Å². The summed E-state index contributed by atoms with van der Waals surface area (Å²) in [6.45, 7) is 0. The van der Waals surface area contributed by atoms with Crippen LogP contribution in [0.3, 0.4) is 0 Å². The van der Waals surface area contributed by atoms with Crippen LogP contribution < -0.4 is 11.3 Å². The van der Waals surface area contributed by atoms with Crippen molar-refractivity contribution in [1.29, 1.82) is 0 Å². The van der Waals surface area contributed by atoms with Gasteiger partial charge in [-0.15, -0.1) is 0 Å². The lowest BCUT2D eigenvalue weighted by atomic mass is 10.3. The maximum Gasteiger partial charge on any atom is 0.271 e. The van der Waals surface area contributed by atoms with Crippen LogP contribution >= 0.6 is 0 Å². The van der Waals surface area contributed by atoms with Gasteiger partial charge in [0.1, 0.15) is 5.56 Å². The maximum absolute atomic E-state index is 11.4. The Morgan fingerprint density at radius 2 is 2.38 bits per heavy atom. The second kappa shape index (κ2) is 2.44. The van der Waals surface area contributed by atoms with Crippen molar-refractivity contribution in [3.63, 3.8) is 0 Å². The molecule has 0 saturated heterocycles. The third kappa shape index (κ3) is 0.994. The van der Waals surface area contributed by atoms with Gasteiger partial charge in [-0.1, -0.05) is 0 Å². The van der Waals surface area contributed by atoms with Gasteiger partial charge in [0, 0.05) is 18.6 Å². The van der Waals surface area contributed by atoms with Crippen LogP contribution in [0, 0.1) is 0 Å². The van der Waals surface area contributed by atoms with Crippen LogP contribution in [0.15, 0.2) is 23.4 Å². The number of fused-ring (bicyclic) bond motifs is 1. The molecule has 6 nitrogen and oxygen atoms in total. The molecule has 0 aliphatic rings. The van der Waals surface area contributed by atoms with Crippen LogP contribution in [0.25, 0.3) is 5.78 Å². The van der Waals surface area contributed by atoms with Gasteiger partial charge in [0.25, 0.3) is 11.5 Å². The smallest absolute Gasteiger partial charge is 0.271 e. The molecule has 2 aromatic rings. The first-order chi connectivity index (χ1) is 6.20. The van der Waals surface area contributed by atoms with E-state index in [1.165, 1.54) is 10.6 Å². The molecule has 0 aliphatic heterocycles. The van der Waals surface area contributed by atoms with E-state index < -0.39 is 11.5 Å². The molecule has 2 aromatic heterocycles. The number of hydrogen-bond acceptors (Lipinski definition) is 3. The summed E-state index contributed by atoms with van der Waals surface area (Å²) in [6.07, 6.45) is 4.20. The molecule has 0 aromatic carbocycles. The van der Waals surface area contributed by atoms with Gasteiger partial charge in [-0.3, -0.25) is 14.0 Å². The van der Waals surface area contributed by atoms with E-state index >= 15 is 0 Å². The van der Waals surface area contributed by atoms with Gasteiger partial charge in [0.15, 0.2) is 0 Å². The lowest BCUT2D eigenvalue weighted by molar-refractivity contribution is 0.0998. The zero-order valence-corrected chi connectivity index (χ0v) is 6.52. The zero-order chi connectivity index (χ0) is 9.42. The molecule has 0 bridgehead atoms. The molecular weight excluding hydrogens is 172 g/mol. The minimum atomic E-state index is -0.770. The van der Waals surface area contributed by atoms with E-state index in [4.69, 9.17) is 5.73 Å². The molecular formula is C7H6N4O2. The topological polar surface area (TPSA) is 93.2 Å². The van der Waals surface area contributed by atoms with E-state index in [0.29, 0.717) is 5.78 Å². The Kier molecular flexibility index (Phi) is 1.42. The predicted octanol–water partition coefficient (Wildman–Crippen LogP) is -0.879. The minimum Gasteiger partial charge on any atom is -0.365 e. The Morgan fingerprint density at radius 1 is 1.62 bits per heavy atom. The molecule has 13 heavy (non-hydrogen) atoms. The number of nitrogens with one attached hydrogen (secondary N) is 1. The molecule has 0 radical (unpaired) electrons. The van der Waals surface area contributed by atoms with Gasteiger partial charge in [-0.05, 0) is 0 Å². The number of aromatic amines is 1. The molecule has 6 heteroatoms. The summed E-state index contributed by atoms with van der Waals surface area (Å²) in [5.74, 6) is -0.386. The van der Waals surface area contributed by atoms with Crippen LogP contribution in [-0.4, -0.2) is 20.3 Å². The summed E-state index contributed by atoms with van der Waals surface area (Å²) in [5.41, 5.74) is 4.40. The first-order valence-electron chi connectivity index (χ1n) is 3.54. The van der Waals surface area contributed by atoms with E-state index in [1.807, 2.05) is 0 Å². The molecule has 0 aliphatic carbocycles. The van der Waals surface area contributed by atoms with Crippen LogP contribution in [0.1, 0.15) is 10.4 Å². The summed E-state index contributed by atoms with van der Waals surface area (Å²) in [6, 6.07) is 0. The molecule has 2 heterocycles. The Labute approximate surface area is 72.0 Å². The molecule has 0 unspecified atom stereocenters. The molecule has 66 valence electrons. The van der Waals surface area contributed by atoms with Gasteiger partial charge in [-0.2, -0.15) is 0 Å². The third-order valence-electron chi connectivity index (χ3n) is 1.69. The Morgan fingerprint density at radius 3 is 3.08 bits per heavy atom. The van der Waals surface area contributed by atoms with Crippen molar-refractivity contribution >= 4 is 11.7 Å². The molecule has 2 rings (SSSR count). The van der Waals surface area contributed by atoms with Crippen molar-refractivity contribution in [2.75, 3.05) is 0 Å². The number of hydrogen-bond donors (Lipinski definition) is 2. The molecule has 3 N–H and O–H groups in total. The second-order valence-electron chi connectivity index (χ2n) is 2.49. The largest absolute Gasteiger partial charge is 0.365 e. The van der Waals surface area contributed by atoms with E-state index in [-0.39, 0.29) is 5.56 Å². The van der Waals surface area contributed by atoms with Crippen molar-refractivity contribution in [3.05, 3.63) is 34.5 Å². The molecule has 1 amide bonds.